The number of fused-ring (bicyclic) bond motifs is 8. The summed E-state index contributed by atoms with van der Waals surface area (Å²) in [5.41, 5.74) is 11.2. The largest absolute Gasteiger partial charge is 0.456 e. The molecule has 0 saturated heterocycles. The Morgan fingerprint density at radius 3 is 2.12 bits per heavy atom. The van der Waals surface area contributed by atoms with E-state index in [0.29, 0.717) is 5.92 Å². The second-order valence-electron chi connectivity index (χ2n) is 12.9. The minimum Gasteiger partial charge on any atom is -0.456 e. The average Bonchev–Trinajstić information content (AvgIpc) is 3.72. The molecule has 0 fully saturated rings. The predicted octanol–water partition coefficient (Wildman–Crippen LogP) is 12.6. The fourth-order valence-corrected chi connectivity index (χ4v) is 7.97. The van der Waals surface area contributed by atoms with Gasteiger partial charge in [0.05, 0.1) is 17.4 Å². The first-order chi connectivity index (χ1) is 24.3. The van der Waals surface area contributed by atoms with Gasteiger partial charge in [-0.3, -0.25) is 0 Å². The summed E-state index contributed by atoms with van der Waals surface area (Å²) < 4.78 is 6.43. The van der Waals surface area contributed by atoms with E-state index in [1.807, 2.05) is 12.1 Å². The van der Waals surface area contributed by atoms with Gasteiger partial charge in [-0.15, -0.1) is 0 Å². The number of hydrogen-bond donors (Lipinski definition) is 0. The molecule has 2 atom stereocenters. The van der Waals surface area contributed by atoms with Crippen molar-refractivity contribution >= 4 is 61.1 Å². The van der Waals surface area contributed by atoms with Gasteiger partial charge in [-0.2, -0.15) is 0 Å². The normalized spacial score (nSPS) is 16.4. The van der Waals surface area contributed by atoms with E-state index >= 15 is 0 Å². The monoisotopic (exact) mass is 628 g/mol. The molecule has 10 rings (SSSR count). The lowest BCUT2D eigenvalue weighted by Crippen LogP contribution is -2.28. The maximum absolute atomic E-state index is 6.43. The minimum atomic E-state index is 0.224. The van der Waals surface area contributed by atoms with Crippen LogP contribution in [0, 0.1) is 0 Å². The molecule has 49 heavy (non-hydrogen) atoms. The van der Waals surface area contributed by atoms with Crippen LogP contribution in [0.4, 0.5) is 28.4 Å². The van der Waals surface area contributed by atoms with E-state index in [0.717, 1.165) is 39.0 Å². The van der Waals surface area contributed by atoms with Gasteiger partial charge >= 0.3 is 0 Å². The van der Waals surface area contributed by atoms with E-state index in [-0.39, 0.29) is 6.04 Å². The standard InChI is InChI=1S/C46H32N2O/c1-3-13-31(14-4-1)36-17-7-10-20-42(36)47(35-26-28-39-38-19-9-12-22-44(38)49-45(39)30-35)34-25-23-32-24-27-40-37-18-8-11-21-43(37)48(46(40)41(32)29-34)33-15-5-2-6-16-33/h1-30,37,43H. The van der Waals surface area contributed by atoms with Gasteiger partial charge in [0.25, 0.3) is 0 Å². The molecule has 0 spiro atoms. The zero-order valence-corrected chi connectivity index (χ0v) is 26.8. The number of furan rings is 1. The maximum Gasteiger partial charge on any atom is 0.137 e. The number of anilines is 5. The Balaban J connectivity index is 1.23. The van der Waals surface area contributed by atoms with Gasteiger partial charge < -0.3 is 14.2 Å². The fourth-order valence-electron chi connectivity index (χ4n) is 7.97. The van der Waals surface area contributed by atoms with Crippen molar-refractivity contribution in [1.82, 2.24) is 0 Å². The van der Waals surface area contributed by atoms with Crippen LogP contribution < -0.4 is 9.80 Å². The van der Waals surface area contributed by atoms with Gasteiger partial charge in [0.2, 0.25) is 0 Å². The zero-order valence-electron chi connectivity index (χ0n) is 26.8. The number of hydrogen-bond acceptors (Lipinski definition) is 3. The Bertz CT molecular complexity index is 2580. The highest BCUT2D eigenvalue weighted by atomic mass is 16.3. The molecule has 0 saturated carbocycles. The van der Waals surface area contributed by atoms with E-state index in [1.54, 1.807) is 0 Å². The number of nitrogens with zero attached hydrogens (tertiary/aromatic N) is 2. The Kier molecular flexibility index (Phi) is 6.31. The van der Waals surface area contributed by atoms with E-state index in [2.05, 4.69) is 180 Å². The molecule has 7 aromatic carbocycles. The zero-order chi connectivity index (χ0) is 32.3. The van der Waals surface area contributed by atoms with Crippen LogP contribution in [0.15, 0.2) is 186 Å². The van der Waals surface area contributed by atoms with Crippen LogP contribution in [0.2, 0.25) is 0 Å². The fraction of sp³-hybridized carbons (Fsp3) is 0.0435. The van der Waals surface area contributed by atoms with Crippen LogP contribution >= 0.6 is 0 Å². The molecule has 1 aliphatic heterocycles. The molecule has 0 amide bonds. The molecule has 0 N–H and O–H groups in total. The van der Waals surface area contributed by atoms with Gasteiger partial charge in [0.1, 0.15) is 11.2 Å². The van der Waals surface area contributed by atoms with Crippen molar-refractivity contribution in [2.24, 2.45) is 0 Å². The summed E-state index contributed by atoms with van der Waals surface area (Å²) in [4.78, 5) is 4.93. The lowest BCUT2D eigenvalue weighted by atomic mass is 9.90. The minimum absolute atomic E-state index is 0.224. The van der Waals surface area contributed by atoms with Crippen molar-refractivity contribution in [2.45, 2.75) is 12.0 Å². The first-order valence-electron chi connectivity index (χ1n) is 16.9. The van der Waals surface area contributed by atoms with Crippen LogP contribution in [0.1, 0.15) is 11.5 Å². The third-order valence-corrected chi connectivity index (χ3v) is 10.2. The first kappa shape index (κ1) is 27.8. The molecular formula is C46H32N2O. The van der Waals surface area contributed by atoms with Gasteiger partial charge in [-0.25, -0.2) is 0 Å². The maximum atomic E-state index is 6.43. The Labute approximate surface area is 285 Å². The number of benzene rings is 7. The molecule has 2 heterocycles. The van der Waals surface area contributed by atoms with Crippen LogP contribution in [-0.2, 0) is 0 Å². The molecule has 1 aromatic heterocycles. The lowest BCUT2D eigenvalue weighted by molar-refractivity contribution is 0.669. The van der Waals surface area contributed by atoms with Crippen molar-refractivity contribution in [3.05, 3.63) is 188 Å². The summed E-state index contributed by atoms with van der Waals surface area (Å²) >= 11 is 0. The summed E-state index contributed by atoms with van der Waals surface area (Å²) in [6.07, 6.45) is 9.08. The van der Waals surface area contributed by atoms with Gasteiger partial charge in [-0.05, 0) is 65.0 Å². The number of rotatable bonds is 5. The first-order valence-corrected chi connectivity index (χ1v) is 16.9. The quantitative estimate of drug-likeness (QED) is 0.189. The van der Waals surface area contributed by atoms with E-state index in [9.17, 15) is 0 Å². The van der Waals surface area contributed by atoms with Crippen LogP contribution in [-0.4, -0.2) is 6.04 Å². The molecule has 0 bridgehead atoms. The lowest BCUT2D eigenvalue weighted by Gasteiger charge is -2.30. The summed E-state index contributed by atoms with van der Waals surface area (Å²) in [6, 6.07) is 56.9. The molecular weight excluding hydrogens is 597 g/mol. The van der Waals surface area contributed by atoms with Crippen molar-refractivity contribution in [3.8, 4) is 11.1 Å². The molecule has 2 unspecified atom stereocenters. The summed E-state index contributed by atoms with van der Waals surface area (Å²) in [5.74, 6) is 0.290. The van der Waals surface area contributed by atoms with E-state index < -0.39 is 0 Å². The third kappa shape index (κ3) is 4.43. The summed E-state index contributed by atoms with van der Waals surface area (Å²) in [6.45, 7) is 0. The van der Waals surface area contributed by atoms with E-state index in [4.69, 9.17) is 4.42 Å². The highest BCUT2D eigenvalue weighted by Crippen LogP contribution is 2.52. The third-order valence-electron chi connectivity index (χ3n) is 10.2. The van der Waals surface area contributed by atoms with Crippen LogP contribution in [0.3, 0.4) is 0 Å². The van der Waals surface area contributed by atoms with Crippen LogP contribution in [0.25, 0.3) is 43.8 Å². The summed E-state index contributed by atoms with van der Waals surface area (Å²) in [7, 11) is 0. The molecule has 3 heteroatoms. The molecule has 3 nitrogen and oxygen atoms in total. The molecule has 232 valence electrons. The van der Waals surface area contributed by atoms with Gasteiger partial charge in [0.15, 0.2) is 0 Å². The van der Waals surface area contributed by atoms with Crippen LogP contribution in [0.5, 0.6) is 0 Å². The van der Waals surface area contributed by atoms with Gasteiger partial charge in [0, 0.05) is 50.8 Å². The van der Waals surface area contributed by atoms with Crippen molar-refractivity contribution in [2.75, 3.05) is 9.80 Å². The topological polar surface area (TPSA) is 19.6 Å². The molecule has 2 aliphatic rings. The molecule has 1 aliphatic carbocycles. The smallest absolute Gasteiger partial charge is 0.137 e. The van der Waals surface area contributed by atoms with E-state index in [1.165, 1.54) is 38.8 Å². The molecule has 0 radical (unpaired) electrons. The van der Waals surface area contributed by atoms with Gasteiger partial charge in [-0.1, -0.05) is 127 Å². The SMILES string of the molecule is C1=CC2c3ccc4ccc(N(c5ccc6c(c5)oc5ccccc56)c5ccccc5-c5ccccc5)cc4c3N(c3ccccc3)C2C=C1. The van der Waals surface area contributed by atoms with Crippen molar-refractivity contribution < 1.29 is 4.42 Å². The average molecular weight is 629 g/mol. The number of para-hydroxylation sites is 3. The Hall–Kier alpha value is -6.32. The second-order valence-corrected chi connectivity index (χ2v) is 12.9. The second kappa shape index (κ2) is 11.1. The van der Waals surface area contributed by atoms with Crippen molar-refractivity contribution in [1.29, 1.82) is 0 Å². The molecule has 8 aromatic rings. The van der Waals surface area contributed by atoms with Crippen molar-refractivity contribution in [3.63, 3.8) is 0 Å². The highest BCUT2D eigenvalue weighted by Gasteiger charge is 2.38. The Morgan fingerprint density at radius 2 is 1.22 bits per heavy atom. The Morgan fingerprint density at radius 1 is 0.531 bits per heavy atom. The predicted molar refractivity (Wildman–Crippen MR) is 205 cm³/mol. The number of allylic oxidation sites excluding steroid dienone is 2. The highest BCUT2D eigenvalue weighted by molar-refractivity contribution is 6.07. The summed E-state index contributed by atoms with van der Waals surface area (Å²) in [5, 5.41) is 4.71.